The second-order valence-corrected chi connectivity index (χ2v) is 10.3. The van der Waals surface area contributed by atoms with Gasteiger partial charge in [0.15, 0.2) is 11.5 Å². The Kier molecular flexibility index (Phi) is 7.16. The zero-order valence-electron chi connectivity index (χ0n) is 22.0. The van der Waals surface area contributed by atoms with Gasteiger partial charge in [-0.2, -0.15) is 13.2 Å². The molecule has 1 fully saturated rings. The summed E-state index contributed by atoms with van der Waals surface area (Å²) in [6.07, 6.45) is -2.35. The largest absolute Gasteiger partial charge is 0.493 e. The highest BCUT2D eigenvalue weighted by Crippen LogP contribution is 2.51. The molecule has 0 saturated heterocycles. The molecule has 4 rings (SSSR count). The average Bonchev–Trinajstić information content (AvgIpc) is 3.58. The SMILES string of the molecule is COc1cc2nc(C)nc(N[C@H](C)c3cc(N)cc(C(F)(F)F)c3)c2cc1O[C@H](C)C1(CN(C)C)CC1. The molecule has 0 unspecified atom stereocenters. The zero-order chi connectivity index (χ0) is 27.1. The van der Waals surface area contributed by atoms with Gasteiger partial charge in [-0.1, -0.05) is 0 Å². The molecule has 7 nitrogen and oxygen atoms in total. The van der Waals surface area contributed by atoms with Gasteiger partial charge in [0, 0.05) is 29.1 Å². The molecule has 37 heavy (non-hydrogen) atoms. The number of nitrogens with two attached hydrogens (primary N) is 1. The van der Waals surface area contributed by atoms with Crippen LogP contribution in [0.5, 0.6) is 11.5 Å². The third kappa shape index (κ3) is 5.84. The fourth-order valence-corrected chi connectivity index (χ4v) is 4.79. The van der Waals surface area contributed by atoms with Crippen LogP contribution in [-0.4, -0.2) is 48.7 Å². The Bertz CT molecular complexity index is 1290. The van der Waals surface area contributed by atoms with Gasteiger partial charge in [-0.15, -0.1) is 0 Å². The number of nitrogens with zero attached hydrogens (tertiary/aromatic N) is 3. The fraction of sp³-hybridized carbons (Fsp3) is 0.481. The topological polar surface area (TPSA) is 85.5 Å². The van der Waals surface area contributed by atoms with Gasteiger partial charge in [0.1, 0.15) is 17.7 Å². The Balaban J connectivity index is 1.69. The van der Waals surface area contributed by atoms with Crippen LogP contribution in [0.4, 0.5) is 24.7 Å². The summed E-state index contributed by atoms with van der Waals surface area (Å²) in [5.41, 5.74) is 6.16. The van der Waals surface area contributed by atoms with Crippen LogP contribution in [0.1, 0.15) is 49.7 Å². The number of hydrogen-bond acceptors (Lipinski definition) is 7. The van der Waals surface area contributed by atoms with Crippen molar-refractivity contribution in [2.75, 3.05) is 38.8 Å². The minimum Gasteiger partial charge on any atom is -0.493 e. The average molecular weight is 518 g/mol. The monoisotopic (exact) mass is 517 g/mol. The van der Waals surface area contributed by atoms with Crippen molar-refractivity contribution in [3.8, 4) is 11.5 Å². The molecule has 10 heteroatoms. The first kappa shape index (κ1) is 26.8. The van der Waals surface area contributed by atoms with Gasteiger partial charge in [-0.05, 0) is 77.5 Å². The summed E-state index contributed by atoms with van der Waals surface area (Å²) in [6, 6.07) is 6.69. The first-order valence-corrected chi connectivity index (χ1v) is 12.2. The minimum absolute atomic E-state index is 0.0448. The van der Waals surface area contributed by atoms with Crippen molar-refractivity contribution in [3.63, 3.8) is 0 Å². The van der Waals surface area contributed by atoms with E-state index < -0.39 is 17.8 Å². The van der Waals surface area contributed by atoms with Crippen molar-refractivity contribution in [2.24, 2.45) is 5.41 Å². The molecule has 2 aromatic carbocycles. The normalized spacial score (nSPS) is 16.5. The van der Waals surface area contributed by atoms with Crippen LogP contribution in [0.2, 0.25) is 0 Å². The maximum Gasteiger partial charge on any atom is 0.416 e. The van der Waals surface area contributed by atoms with Crippen molar-refractivity contribution in [1.29, 1.82) is 0 Å². The number of nitrogens with one attached hydrogen (secondary N) is 1. The molecule has 1 heterocycles. The van der Waals surface area contributed by atoms with Crippen molar-refractivity contribution >= 4 is 22.4 Å². The van der Waals surface area contributed by atoms with Gasteiger partial charge < -0.3 is 25.4 Å². The van der Waals surface area contributed by atoms with Crippen LogP contribution >= 0.6 is 0 Å². The highest BCUT2D eigenvalue weighted by Gasteiger charge is 2.49. The molecule has 1 aromatic heterocycles. The highest BCUT2D eigenvalue weighted by atomic mass is 19.4. The van der Waals surface area contributed by atoms with E-state index in [1.165, 1.54) is 6.07 Å². The van der Waals surface area contributed by atoms with E-state index in [2.05, 4.69) is 41.2 Å². The van der Waals surface area contributed by atoms with E-state index in [4.69, 9.17) is 15.2 Å². The van der Waals surface area contributed by atoms with Gasteiger partial charge in [-0.3, -0.25) is 0 Å². The predicted octanol–water partition coefficient (Wildman–Crippen LogP) is 5.83. The van der Waals surface area contributed by atoms with Gasteiger partial charge >= 0.3 is 6.18 Å². The first-order valence-electron chi connectivity index (χ1n) is 12.2. The Hall–Kier alpha value is -3.27. The summed E-state index contributed by atoms with van der Waals surface area (Å²) in [6.45, 7) is 6.52. The molecule has 0 amide bonds. The smallest absolute Gasteiger partial charge is 0.416 e. The molecule has 3 N–H and O–H groups in total. The molecule has 0 radical (unpaired) electrons. The Morgan fingerprint density at radius 2 is 1.78 bits per heavy atom. The van der Waals surface area contributed by atoms with E-state index in [0.717, 1.165) is 31.5 Å². The van der Waals surface area contributed by atoms with E-state index >= 15 is 0 Å². The number of hydrogen-bond donors (Lipinski definition) is 2. The number of aromatic nitrogens is 2. The van der Waals surface area contributed by atoms with E-state index in [9.17, 15) is 13.2 Å². The second-order valence-electron chi connectivity index (χ2n) is 10.3. The Morgan fingerprint density at radius 3 is 2.38 bits per heavy atom. The molecular formula is C27H34F3N5O2. The molecule has 0 bridgehead atoms. The van der Waals surface area contributed by atoms with E-state index in [-0.39, 0.29) is 17.2 Å². The van der Waals surface area contributed by atoms with Crippen LogP contribution in [0.3, 0.4) is 0 Å². The third-order valence-corrected chi connectivity index (χ3v) is 6.94. The fourth-order valence-electron chi connectivity index (χ4n) is 4.79. The molecule has 1 saturated carbocycles. The van der Waals surface area contributed by atoms with Crippen molar-refractivity contribution in [1.82, 2.24) is 14.9 Å². The summed E-state index contributed by atoms with van der Waals surface area (Å²) < 4.78 is 52.1. The lowest BCUT2D eigenvalue weighted by Gasteiger charge is -2.28. The number of nitrogen functional groups attached to an aromatic ring is 1. The van der Waals surface area contributed by atoms with Crippen molar-refractivity contribution in [3.05, 3.63) is 47.3 Å². The maximum atomic E-state index is 13.4. The zero-order valence-corrected chi connectivity index (χ0v) is 22.0. The lowest BCUT2D eigenvalue weighted by molar-refractivity contribution is -0.137. The number of aryl methyl sites for hydroxylation is 1. The summed E-state index contributed by atoms with van der Waals surface area (Å²) in [5, 5.41) is 3.94. The summed E-state index contributed by atoms with van der Waals surface area (Å²) >= 11 is 0. The van der Waals surface area contributed by atoms with Crippen LogP contribution < -0.4 is 20.5 Å². The number of halogens is 3. The molecule has 0 spiro atoms. The number of alkyl halides is 3. The Labute approximate surface area is 215 Å². The predicted molar refractivity (Wildman–Crippen MR) is 139 cm³/mol. The number of fused-ring (bicyclic) bond motifs is 1. The van der Waals surface area contributed by atoms with E-state index in [1.807, 2.05) is 6.07 Å². The number of methoxy groups -OCH3 is 1. The van der Waals surface area contributed by atoms with Gasteiger partial charge in [0.25, 0.3) is 0 Å². The van der Waals surface area contributed by atoms with Gasteiger partial charge in [-0.25, -0.2) is 9.97 Å². The van der Waals surface area contributed by atoms with Gasteiger partial charge in [0.2, 0.25) is 0 Å². The molecule has 0 aliphatic heterocycles. The van der Waals surface area contributed by atoms with Crippen LogP contribution in [0.15, 0.2) is 30.3 Å². The first-order chi connectivity index (χ1) is 17.3. The molecule has 2 atom stereocenters. The summed E-state index contributed by atoms with van der Waals surface area (Å²) in [5.74, 6) is 2.13. The summed E-state index contributed by atoms with van der Waals surface area (Å²) in [4.78, 5) is 11.3. The van der Waals surface area contributed by atoms with Crippen LogP contribution in [0, 0.1) is 12.3 Å². The number of anilines is 2. The highest BCUT2D eigenvalue weighted by molar-refractivity contribution is 5.92. The lowest BCUT2D eigenvalue weighted by atomic mass is 10.00. The molecule has 1 aliphatic carbocycles. The number of benzene rings is 2. The molecule has 200 valence electrons. The summed E-state index contributed by atoms with van der Waals surface area (Å²) in [7, 11) is 5.69. The second kappa shape index (κ2) is 9.89. The van der Waals surface area contributed by atoms with E-state index in [0.29, 0.717) is 39.6 Å². The van der Waals surface area contributed by atoms with Crippen molar-refractivity contribution < 1.29 is 22.6 Å². The number of ether oxygens (including phenoxy) is 2. The van der Waals surface area contributed by atoms with Gasteiger partial charge in [0.05, 0.1) is 24.2 Å². The van der Waals surface area contributed by atoms with Crippen LogP contribution in [0.25, 0.3) is 10.9 Å². The number of rotatable bonds is 9. The maximum absolute atomic E-state index is 13.4. The standard InChI is InChI=1S/C27H34F3N5O2/c1-15(18-9-19(27(28,29)30)11-20(31)10-18)32-25-21-12-24(23(36-6)13-22(21)33-17(3)34-25)37-16(2)26(7-8-26)14-35(4)5/h9-13,15-16H,7-8,14,31H2,1-6H3,(H,32,33,34)/t15-,16-/m1/s1. The minimum atomic E-state index is -4.49. The van der Waals surface area contributed by atoms with Crippen molar-refractivity contribution in [2.45, 2.75) is 51.9 Å². The molecular weight excluding hydrogens is 483 g/mol. The third-order valence-electron chi connectivity index (χ3n) is 6.94. The van der Waals surface area contributed by atoms with E-state index in [1.54, 1.807) is 27.0 Å². The Morgan fingerprint density at radius 1 is 1.08 bits per heavy atom. The lowest BCUT2D eigenvalue weighted by Crippen LogP contribution is -2.34. The molecule has 1 aliphatic rings. The molecule has 3 aromatic rings. The van der Waals surface area contributed by atoms with Crippen LogP contribution in [-0.2, 0) is 6.18 Å². The quantitative estimate of drug-likeness (QED) is 0.346.